The molecule has 1 heteroatoms. The zero-order chi connectivity index (χ0) is 34.9. The molecule has 1 unspecified atom stereocenters. The molecule has 0 amide bonds. The van der Waals surface area contributed by atoms with Crippen molar-refractivity contribution in [2.45, 2.75) is 59.3 Å². The lowest BCUT2D eigenvalue weighted by Gasteiger charge is -2.34. The number of rotatable bonds is 6. The summed E-state index contributed by atoms with van der Waals surface area (Å²) < 4.78 is 0. The molecule has 0 radical (unpaired) electrons. The first-order valence-corrected chi connectivity index (χ1v) is 18.5. The van der Waals surface area contributed by atoms with Gasteiger partial charge in [-0.2, -0.15) is 0 Å². The van der Waals surface area contributed by atoms with Crippen LogP contribution in [-0.4, -0.2) is 0 Å². The predicted molar refractivity (Wildman–Crippen MR) is 216 cm³/mol. The van der Waals surface area contributed by atoms with E-state index in [1.165, 1.54) is 88.7 Å². The summed E-state index contributed by atoms with van der Waals surface area (Å²) in [5.41, 5.74) is 18.9. The quantitative estimate of drug-likeness (QED) is 0.172. The molecule has 0 bridgehead atoms. The number of nitrogens with zero attached hydrogens (tertiary/aromatic N) is 1. The second-order valence-electron chi connectivity index (χ2n) is 15.6. The van der Waals surface area contributed by atoms with Gasteiger partial charge in [-0.1, -0.05) is 141 Å². The summed E-state index contributed by atoms with van der Waals surface area (Å²) in [5, 5.41) is 2.67. The molecule has 0 fully saturated rings. The Bertz CT molecular complexity index is 2500. The highest BCUT2D eigenvalue weighted by atomic mass is 15.2. The zero-order valence-corrected chi connectivity index (χ0v) is 30.4. The van der Waals surface area contributed by atoms with Crippen molar-refractivity contribution in [2.75, 3.05) is 4.90 Å². The molecule has 1 atom stereocenters. The average molecular weight is 660 g/mol. The van der Waals surface area contributed by atoms with Gasteiger partial charge in [0.1, 0.15) is 0 Å². The third kappa shape index (κ3) is 4.97. The fourth-order valence-corrected chi connectivity index (χ4v) is 9.11. The second kappa shape index (κ2) is 11.8. The van der Waals surface area contributed by atoms with Crippen molar-refractivity contribution in [2.24, 2.45) is 5.41 Å². The maximum Gasteiger partial charge on any atom is 0.0533 e. The number of benzene rings is 6. The van der Waals surface area contributed by atoms with Crippen molar-refractivity contribution in [1.29, 1.82) is 0 Å². The van der Waals surface area contributed by atoms with E-state index >= 15 is 0 Å². The van der Waals surface area contributed by atoms with E-state index in [0.717, 1.165) is 19.3 Å². The van der Waals surface area contributed by atoms with E-state index in [0.29, 0.717) is 0 Å². The SMILES string of the molecule is CC1=C(c2cc(-c3ccc(CCc4ccc5c(c4)C(C)(C)c4ccccc4-5)cc3)ccc2C)N(c2ccccc2)C2=c3ccccc3=CCC12C. The van der Waals surface area contributed by atoms with Crippen LogP contribution in [0.2, 0.25) is 0 Å². The maximum absolute atomic E-state index is 2.56. The normalized spacial score (nSPS) is 18.2. The molecule has 2 aliphatic carbocycles. The third-order valence-electron chi connectivity index (χ3n) is 12.2. The molecule has 0 aromatic heterocycles. The lowest BCUT2D eigenvalue weighted by Crippen LogP contribution is -2.40. The van der Waals surface area contributed by atoms with Gasteiger partial charge in [-0.15, -0.1) is 0 Å². The molecule has 0 saturated heterocycles. The second-order valence-corrected chi connectivity index (χ2v) is 15.6. The molecule has 0 saturated carbocycles. The van der Waals surface area contributed by atoms with Gasteiger partial charge in [0.15, 0.2) is 0 Å². The van der Waals surface area contributed by atoms with Crippen molar-refractivity contribution < 1.29 is 0 Å². The van der Waals surface area contributed by atoms with Gasteiger partial charge in [-0.25, -0.2) is 0 Å². The molecule has 1 nitrogen and oxygen atoms in total. The molecule has 6 aromatic rings. The fourth-order valence-electron chi connectivity index (χ4n) is 9.11. The standard InChI is InChI=1S/C50H45N/c1-33-19-25-39(37-26-22-35(23-27-37)20-21-36-24-28-43-42-17-11-12-18-45(42)49(3,4)46(43)31-36)32-44(33)47-34(2)50(5)30-29-38-13-9-10-16-41(38)48(50)51(47)40-14-7-6-8-15-40/h6-19,22-29,31-32H,20-21,30H2,1-5H3. The Balaban J connectivity index is 1.03. The summed E-state index contributed by atoms with van der Waals surface area (Å²) in [6.07, 6.45) is 5.49. The minimum atomic E-state index is -0.0812. The van der Waals surface area contributed by atoms with Crippen LogP contribution in [-0.2, 0) is 18.3 Å². The largest absolute Gasteiger partial charge is 0.312 e. The molecule has 1 heterocycles. The number of fused-ring (bicyclic) bond motifs is 5. The summed E-state index contributed by atoms with van der Waals surface area (Å²) in [6, 6.07) is 52.2. The van der Waals surface area contributed by atoms with Crippen LogP contribution in [0.15, 0.2) is 145 Å². The van der Waals surface area contributed by atoms with Gasteiger partial charge in [-0.05, 0) is 119 Å². The van der Waals surface area contributed by atoms with Crippen LogP contribution in [0.25, 0.3) is 39.7 Å². The molecule has 0 N–H and O–H groups in total. The Morgan fingerprint density at radius 1 is 0.569 bits per heavy atom. The maximum atomic E-state index is 2.56. The van der Waals surface area contributed by atoms with E-state index < -0.39 is 0 Å². The highest BCUT2D eigenvalue weighted by molar-refractivity contribution is 6.01. The summed E-state index contributed by atoms with van der Waals surface area (Å²) in [5.74, 6) is 0. The number of anilines is 1. The Labute approximate surface area is 302 Å². The van der Waals surface area contributed by atoms with Crippen molar-refractivity contribution in [3.63, 3.8) is 0 Å². The van der Waals surface area contributed by atoms with Crippen LogP contribution in [0.4, 0.5) is 5.69 Å². The van der Waals surface area contributed by atoms with Crippen molar-refractivity contribution >= 4 is 23.2 Å². The molecule has 250 valence electrons. The van der Waals surface area contributed by atoms with Gasteiger partial charge in [0.05, 0.1) is 5.70 Å². The van der Waals surface area contributed by atoms with Crippen molar-refractivity contribution in [3.8, 4) is 22.3 Å². The highest BCUT2D eigenvalue weighted by Gasteiger charge is 2.45. The first-order valence-electron chi connectivity index (χ1n) is 18.5. The zero-order valence-electron chi connectivity index (χ0n) is 30.4. The first kappa shape index (κ1) is 31.6. The van der Waals surface area contributed by atoms with Gasteiger partial charge >= 0.3 is 0 Å². The van der Waals surface area contributed by atoms with Crippen LogP contribution in [0, 0.1) is 12.3 Å². The molecule has 51 heavy (non-hydrogen) atoms. The van der Waals surface area contributed by atoms with E-state index in [1.54, 1.807) is 0 Å². The number of hydrogen-bond acceptors (Lipinski definition) is 1. The monoisotopic (exact) mass is 659 g/mol. The van der Waals surface area contributed by atoms with Gasteiger partial charge in [0.2, 0.25) is 0 Å². The lowest BCUT2D eigenvalue weighted by atomic mass is 9.75. The Hall–Kier alpha value is -5.40. The third-order valence-corrected chi connectivity index (χ3v) is 12.2. The molecular formula is C50H45N. The Morgan fingerprint density at radius 3 is 2.06 bits per heavy atom. The molecule has 3 aliphatic rings. The van der Waals surface area contributed by atoms with Crippen LogP contribution in [0.5, 0.6) is 0 Å². The van der Waals surface area contributed by atoms with Crippen LogP contribution in [0.3, 0.4) is 0 Å². The van der Waals surface area contributed by atoms with Crippen LogP contribution in [0.1, 0.15) is 67.5 Å². The molecule has 9 rings (SSSR count). The van der Waals surface area contributed by atoms with E-state index in [1.807, 2.05) is 0 Å². The summed E-state index contributed by atoms with van der Waals surface area (Å²) in [4.78, 5) is 2.56. The van der Waals surface area contributed by atoms with Gasteiger partial charge in [0.25, 0.3) is 0 Å². The summed E-state index contributed by atoms with van der Waals surface area (Å²) >= 11 is 0. The van der Waals surface area contributed by atoms with Crippen LogP contribution >= 0.6 is 0 Å². The lowest BCUT2D eigenvalue weighted by molar-refractivity contribution is 0.558. The Morgan fingerprint density at radius 2 is 1.24 bits per heavy atom. The molecule has 6 aromatic carbocycles. The van der Waals surface area contributed by atoms with Crippen LogP contribution < -0.4 is 15.3 Å². The summed E-state index contributed by atoms with van der Waals surface area (Å²) in [7, 11) is 0. The van der Waals surface area contributed by atoms with E-state index in [9.17, 15) is 0 Å². The van der Waals surface area contributed by atoms with Gasteiger partial charge in [-0.3, -0.25) is 0 Å². The summed E-state index contributed by atoms with van der Waals surface area (Å²) in [6.45, 7) is 11.8. The minimum absolute atomic E-state index is 0.0407. The van der Waals surface area contributed by atoms with Gasteiger partial charge in [0, 0.05) is 33.0 Å². The van der Waals surface area contributed by atoms with E-state index in [2.05, 4.69) is 185 Å². The minimum Gasteiger partial charge on any atom is -0.312 e. The molecule has 1 aliphatic heterocycles. The van der Waals surface area contributed by atoms with Gasteiger partial charge < -0.3 is 4.90 Å². The van der Waals surface area contributed by atoms with Crippen molar-refractivity contribution in [3.05, 3.63) is 189 Å². The fraction of sp³-hybridized carbons (Fsp3) is 0.200. The number of para-hydroxylation sites is 1. The van der Waals surface area contributed by atoms with E-state index in [4.69, 9.17) is 0 Å². The van der Waals surface area contributed by atoms with Crippen molar-refractivity contribution in [1.82, 2.24) is 0 Å². The topological polar surface area (TPSA) is 3.24 Å². The number of aryl methyl sites for hydroxylation is 3. The molecular weight excluding hydrogens is 615 g/mol. The highest BCUT2D eigenvalue weighted by Crippen LogP contribution is 2.55. The average Bonchev–Trinajstić information content (AvgIpc) is 3.54. The number of hydrogen-bond donors (Lipinski definition) is 0. The van der Waals surface area contributed by atoms with E-state index in [-0.39, 0.29) is 10.8 Å². The Kier molecular flexibility index (Phi) is 7.33. The molecule has 0 spiro atoms. The predicted octanol–water partition coefficient (Wildman–Crippen LogP) is 11.0. The smallest absolute Gasteiger partial charge is 0.0533 e. The first-order chi connectivity index (χ1) is 24.7.